The van der Waals surface area contributed by atoms with Crippen molar-refractivity contribution in [2.45, 2.75) is 32.1 Å². The van der Waals surface area contributed by atoms with E-state index in [1.807, 2.05) is 45.0 Å². The summed E-state index contributed by atoms with van der Waals surface area (Å²) in [5.41, 5.74) is 4.24. The molecular formula is C17H18N2O2S2. The Morgan fingerprint density at radius 3 is 2.39 bits per heavy atom. The molecule has 4 nitrogen and oxygen atoms in total. The minimum absolute atomic E-state index is 0.251. The zero-order valence-electron chi connectivity index (χ0n) is 13.3. The van der Waals surface area contributed by atoms with Crippen LogP contribution in [-0.4, -0.2) is 13.4 Å². The van der Waals surface area contributed by atoms with Crippen LogP contribution in [0.4, 0.5) is 5.13 Å². The van der Waals surface area contributed by atoms with Gasteiger partial charge in [0.2, 0.25) is 0 Å². The van der Waals surface area contributed by atoms with E-state index in [1.165, 1.54) is 16.9 Å². The summed E-state index contributed by atoms with van der Waals surface area (Å²) >= 11 is 1.35. The van der Waals surface area contributed by atoms with Crippen LogP contribution in [0.25, 0.3) is 10.2 Å². The zero-order chi connectivity index (χ0) is 16.6. The Morgan fingerprint density at radius 1 is 1.09 bits per heavy atom. The topological polar surface area (TPSA) is 59.1 Å². The van der Waals surface area contributed by atoms with Crippen LogP contribution in [0.15, 0.2) is 41.3 Å². The van der Waals surface area contributed by atoms with E-state index >= 15 is 0 Å². The van der Waals surface area contributed by atoms with Crippen molar-refractivity contribution >= 4 is 36.7 Å². The van der Waals surface area contributed by atoms with Gasteiger partial charge in [-0.1, -0.05) is 30.4 Å². The number of nitrogens with one attached hydrogen (secondary N) is 1. The summed E-state index contributed by atoms with van der Waals surface area (Å²) in [6, 6.07) is 10.9. The first-order valence-corrected chi connectivity index (χ1v) is 9.68. The van der Waals surface area contributed by atoms with Crippen LogP contribution in [0.5, 0.6) is 0 Å². The minimum atomic E-state index is -3.61. The van der Waals surface area contributed by atoms with Crippen molar-refractivity contribution < 1.29 is 8.42 Å². The lowest BCUT2D eigenvalue weighted by Gasteiger charge is -2.05. The largest absolute Gasteiger partial charge is 0.263 e. The Bertz CT molecular complexity index is 919. The summed E-state index contributed by atoms with van der Waals surface area (Å²) in [5.74, 6) is 0. The number of rotatable bonds is 4. The number of hydrogen-bond donors (Lipinski definition) is 1. The van der Waals surface area contributed by atoms with Gasteiger partial charge in [0.1, 0.15) is 0 Å². The van der Waals surface area contributed by atoms with Crippen molar-refractivity contribution in [1.82, 2.24) is 4.98 Å². The first kappa shape index (κ1) is 16.0. The number of sulfonamides is 1. The highest BCUT2D eigenvalue weighted by atomic mass is 32.2. The van der Waals surface area contributed by atoms with E-state index in [-0.39, 0.29) is 4.90 Å². The molecule has 23 heavy (non-hydrogen) atoms. The van der Waals surface area contributed by atoms with Crippen molar-refractivity contribution in [2.24, 2.45) is 0 Å². The van der Waals surface area contributed by atoms with Crippen LogP contribution in [-0.2, 0) is 16.4 Å². The summed E-state index contributed by atoms with van der Waals surface area (Å²) in [4.78, 5) is 4.64. The van der Waals surface area contributed by atoms with Crippen LogP contribution < -0.4 is 4.72 Å². The molecule has 0 saturated carbocycles. The van der Waals surface area contributed by atoms with E-state index in [9.17, 15) is 8.42 Å². The molecule has 0 radical (unpaired) electrons. The zero-order valence-corrected chi connectivity index (χ0v) is 14.9. The lowest BCUT2D eigenvalue weighted by molar-refractivity contribution is 0.601. The maximum Gasteiger partial charge on any atom is 0.263 e. The lowest BCUT2D eigenvalue weighted by atomic mass is 10.1. The van der Waals surface area contributed by atoms with Crippen LogP contribution >= 0.6 is 11.3 Å². The summed E-state index contributed by atoms with van der Waals surface area (Å²) in [5, 5.41) is 0.393. The van der Waals surface area contributed by atoms with Gasteiger partial charge in [-0.3, -0.25) is 4.72 Å². The molecule has 0 spiro atoms. The van der Waals surface area contributed by atoms with Gasteiger partial charge in [0.15, 0.2) is 5.13 Å². The van der Waals surface area contributed by atoms with Gasteiger partial charge >= 0.3 is 0 Å². The Kier molecular flexibility index (Phi) is 4.12. The van der Waals surface area contributed by atoms with Gasteiger partial charge in [-0.15, -0.1) is 0 Å². The SMILES string of the molecule is CCc1ccc(S(=O)(=O)Nc2nc3cc(C)c(C)cc3s2)cc1. The molecule has 3 rings (SSSR count). The summed E-state index contributed by atoms with van der Waals surface area (Å²) in [6.45, 7) is 6.09. The average Bonchev–Trinajstić information content (AvgIpc) is 2.88. The average molecular weight is 346 g/mol. The summed E-state index contributed by atoms with van der Waals surface area (Å²) in [6.07, 6.45) is 0.879. The Morgan fingerprint density at radius 2 is 1.74 bits per heavy atom. The molecule has 0 aliphatic carbocycles. The highest BCUT2D eigenvalue weighted by Crippen LogP contribution is 2.29. The van der Waals surface area contributed by atoms with Crippen molar-refractivity contribution in [1.29, 1.82) is 0 Å². The highest BCUT2D eigenvalue weighted by Gasteiger charge is 2.16. The number of hydrogen-bond acceptors (Lipinski definition) is 4. The fourth-order valence-corrected chi connectivity index (χ4v) is 4.48. The lowest BCUT2D eigenvalue weighted by Crippen LogP contribution is -2.12. The van der Waals surface area contributed by atoms with Crippen molar-refractivity contribution in [2.75, 3.05) is 4.72 Å². The normalized spacial score (nSPS) is 11.8. The predicted octanol–water partition coefficient (Wildman–Crippen LogP) is 4.28. The number of aromatic nitrogens is 1. The highest BCUT2D eigenvalue weighted by molar-refractivity contribution is 7.93. The quantitative estimate of drug-likeness (QED) is 0.767. The fourth-order valence-electron chi connectivity index (χ4n) is 2.30. The Balaban J connectivity index is 1.93. The van der Waals surface area contributed by atoms with E-state index in [1.54, 1.807) is 12.1 Å². The second kappa shape index (κ2) is 5.94. The van der Waals surface area contributed by atoms with Gasteiger partial charge in [-0.2, -0.15) is 0 Å². The van der Waals surface area contributed by atoms with E-state index in [4.69, 9.17) is 0 Å². The molecule has 6 heteroatoms. The second-order valence-electron chi connectivity index (χ2n) is 5.53. The fraction of sp³-hybridized carbons (Fsp3) is 0.235. The van der Waals surface area contributed by atoms with Crippen LogP contribution in [0.2, 0.25) is 0 Å². The van der Waals surface area contributed by atoms with E-state index in [0.717, 1.165) is 27.8 Å². The molecule has 1 N–H and O–H groups in total. The monoisotopic (exact) mass is 346 g/mol. The van der Waals surface area contributed by atoms with Crippen LogP contribution in [0.1, 0.15) is 23.6 Å². The van der Waals surface area contributed by atoms with Crippen LogP contribution in [0.3, 0.4) is 0 Å². The summed E-state index contributed by atoms with van der Waals surface area (Å²) < 4.78 is 28.5. The first-order valence-electron chi connectivity index (χ1n) is 7.38. The number of aryl methyl sites for hydroxylation is 3. The Hall–Kier alpha value is -1.92. The number of anilines is 1. The molecule has 120 valence electrons. The molecule has 0 bridgehead atoms. The van der Waals surface area contributed by atoms with E-state index in [2.05, 4.69) is 9.71 Å². The maximum absolute atomic E-state index is 12.5. The van der Waals surface area contributed by atoms with Gasteiger partial charge in [0, 0.05) is 0 Å². The predicted molar refractivity (Wildman–Crippen MR) is 95.7 cm³/mol. The number of thiazole rings is 1. The number of benzene rings is 2. The minimum Gasteiger partial charge on any atom is -0.255 e. The molecule has 0 atom stereocenters. The van der Waals surface area contributed by atoms with Gasteiger partial charge in [0.05, 0.1) is 15.1 Å². The molecule has 0 amide bonds. The molecular weight excluding hydrogens is 328 g/mol. The maximum atomic E-state index is 12.5. The molecule has 1 heterocycles. The molecule has 0 fully saturated rings. The smallest absolute Gasteiger partial charge is 0.255 e. The van der Waals surface area contributed by atoms with Gasteiger partial charge in [-0.25, -0.2) is 13.4 Å². The van der Waals surface area contributed by atoms with Crippen LogP contribution in [0, 0.1) is 13.8 Å². The number of nitrogens with zero attached hydrogens (tertiary/aromatic N) is 1. The van der Waals surface area contributed by atoms with Gasteiger partial charge in [0.25, 0.3) is 10.0 Å². The van der Waals surface area contributed by atoms with E-state index < -0.39 is 10.0 Å². The third kappa shape index (κ3) is 3.23. The van der Waals surface area contributed by atoms with Crippen molar-refractivity contribution in [3.63, 3.8) is 0 Å². The molecule has 0 unspecified atom stereocenters. The molecule has 3 aromatic rings. The standard InChI is InChI=1S/C17H18N2O2S2/c1-4-13-5-7-14(8-6-13)23(20,21)19-17-18-15-9-11(2)12(3)10-16(15)22-17/h5-10H,4H2,1-3H3,(H,18,19). The van der Waals surface area contributed by atoms with Gasteiger partial charge < -0.3 is 0 Å². The molecule has 0 aliphatic heterocycles. The molecule has 1 aromatic heterocycles. The molecule has 0 saturated heterocycles. The molecule has 0 aliphatic rings. The Labute approximate surface area is 140 Å². The first-order chi connectivity index (χ1) is 10.9. The van der Waals surface area contributed by atoms with Gasteiger partial charge in [-0.05, 0) is 61.2 Å². The number of fused-ring (bicyclic) bond motifs is 1. The van der Waals surface area contributed by atoms with Crippen molar-refractivity contribution in [3.05, 3.63) is 53.1 Å². The third-order valence-electron chi connectivity index (χ3n) is 3.87. The van der Waals surface area contributed by atoms with Crippen molar-refractivity contribution in [3.8, 4) is 0 Å². The molecule has 2 aromatic carbocycles. The van der Waals surface area contributed by atoms with E-state index in [0.29, 0.717) is 5.13 Å². The third-order valence-corrected chi connectivity index (χ3v) is 6.29. The summed E-state index contributed by atoms with van der Waals surface area (Å²) in [7, 11) is -3.61. The second-order valence-corrected chi connectivity index (χ2v) is 8.24.